The zero-order valence-corrected chi connectivity index (χ0v) is 19.8. The molecule has 0 amide bonds. The van der Waals surface area contributed by atoms with Crippen LogP contribution in [0.2, 0.25) is 10.0 Å². The fraction of sp³-hybridized carbons (Fsp3) is 0.0800. The van der Waals surface area contributed by atoms with Crippen molar-refractivity contribution >= 4 is 46.7 Å². The first-order valence-electron chi connectivity index (χ1n) is 9.68. The molecule has 0 N–H and O–H groups in total. The standard InChI is InChI=1S/C25H17Cl2F2NS2/c26-17-2-7-20(8-3-17)31-15-16-1-12-24(30-14-16)25(22-13-19(28)6-11-23(22)29)32-21-9-4-18(27)5-10-21/h1-14,25H,15H2. The summed E-state index contributed by atoms with van der Waals surface area (Å²) in [6, 6.07) is 22.3. The van der Waals surface area contributed by atoms with E-state index in [2.05, 4.69) is 4.98 Å². The van der Waals surface area contributed by atoms with Crippen molar-refractivity contribution in [1.29, 1.82) is 0 Å². The Bertz CT molecular complexity index is 1180. The summed E-state index contributed by atoms with van der Waals surface area (Å²) in [6.07, 6.45) is 1.78. The molecule has 0 fully saturated rings. The predicted octanol–water partition coefficient (Wildman–Crippen LogP) is 8.84. The summed E-state index contributed by atoms with van der Waals surface area (Å²) >= 11 is 15.0. The molecule has 32 heavy (non-hydrogen) atoms. The van der Waals surface area contributed by atoms with Crippen LogP contribution in [-0.4, -0.2) is 4.98 Å². The Balaban J connectivity index is 1.58. The highest BCUT2D eigenvalue weighted by Crippen LogP contribution is 2.41. The molecule has 4 aromatic rings. The van der Waals surface area contributed by atoms with Gasteiger partial charge in [0, 0.05) is 37.3 Å². The van der Waals surface area contributed by atoms with Gasteiger partial charge < -0.3 is 0 Å². The van der Waals surface area contributed by atoms with Crippen LogP contribution in [-0.2, 0) is 5.75 Å². The third kappa shape index (κ3) is 6.04. The Hall–Kier alpha value is -2.05. The van der Waals surface area contributed by atoms with Gasteiger partial charge >= 0.3 is 0 Å². The van der Waals surface area contributed by atoms with Gasteiger partial charge in [-0.2, -0.15) is 0 Å². The summed E-state index contributed by atoms with van der Waals surface area (Å²) in [5.74, 6) is -0.223. The molecule has 0 aliphatic heterocycles. The van der Waals surface area contributed by atoms with Crippen LogP contribution in [0.4, 0.5) is 8.78 Å². The first kappa shape index (κ1) is 23.1. The van der Waals surface area contributed by atoms with Crippen LogP contribution >= 0.6 is 46.7 Å². The molecule has 0 radical (unpaired) electrons. The highest BCUT2D eigenvalue weighted by Gasteiger charge is 2.22. The summed E-state index contributed by atoms with van der Waals surface area (Å²) in [7, 11) is 0. The number of benzene rings is 3. The molecule has 0 spiro atoms. The van der Waals surface area contributed by atoms with Crippen molar-refractivity contribution in [1.82, 2.24) is 4.98 Å². The molecule has 0 saturated carbocycles. The van der Waals surface area contributed by atoms with Crippen LogP contribution in [0.15, 0.2) is 94.9 Å². The molecule has 0 aliphatic rings. The van der Waals surface area contributed by atoms with Gasteiger partial charge in [-0.25, -0.2) is 8.78 Å². The largest absolute Gasteiger partial charge is 0.259 e. The van der Waals surface area contributed by atoms with Crippen LogP contribution in [0.25, 0.3) is 0 Å². The lowest BCUT2D eigenvalue weighted by atomic mass is 10.1. The predicted molar refractivity (Wildman–Crippen MR) is 131 cm³/mol. The lowest BCUT2D eigenvalue weighted by molar-refractivity contribution is 0.587. The van der Waals surface area contributed by atoms with E-state index in [4.69, 9.17) is 23.2 Å². The van der Waals surface area contributed by atoms with Crippen molar-refractivity contribution in [3.8, 4) is 0 Å². The van der Waals surface area contributed by atoms with Crippen LogP contribution in [0.5, 0.6) is 0 Å². The highest BCUT2D eigenvalue weighted by molar-refractivity contribution is 7.99. The zero-order valence-electron chi connectivity index (χ0n) is 16.6. The van der Waals surface area contributed by atoms with E-state index in [0.29, 0.717) is 15.7 Å². The maximum Gasteiger partial charge on any atom is 0.128 e. The normalized spacial score (nSPS) is 12.0. The Morgan fingerprint density at radius 1 is 0.781 bits per heavy atom. The van der Waals surface area contributed by atoms with Crippen LogP contribution < -0.4 is 0 Å². The van der Waals surface area contributed by atoms with Crippen LogP contribution in [0, 0.1) is 11.6 Å². The maximum atomic E-state index is 14.6. The average Bonchev–Trinajstić information content (AvgIpc) is 2.80. The van der Waals surface area contributed by atoms with Crippen LogP contribution in [0.1, 0.15) is 22.1 Å². The Labute approximate surface area is 204 Å². The SMILES string of the molecule is Fc1ccc(F)c(C(Sc2ccc(Cl)cc2)c2ccc(CSc3ccc(Cl)cc3)cn2)c1. The summed E-state index contributed by atoms with van der Waals surface area (Å²) in [6.45, 7) is 0. The van der Waals surface area contributed by atoms with Gasteiger partial charge in [-0.1, -0.05) is 29.3 Å². The summed E-state index contributed by atoms with van der Waals surface area (Å²) < 4.78 is 28.6. The van der Waals surface area contributed by atoms with Crippen molar-refractivity contribution in [2.24, 2.45) is 0 Å². The molecule has 0 aliphatic carbocycles. The van der Waals surface area contributed by atoms with E-state index >= 15 is 0 Å². The average molecular weight is 504 g/mol. The molecule has 4 rings (SSSR count). The van der Waals surface area contributed by atoms with E-state index in [-0.39, 0.29) is 5.56 Å². The van der Waals surface area contributed by atoms with E-state index in [0.717, 1.165) is 33.2 Å². The molecule has 0 saturated heterocycles. The monoisotopic (exact) mass is 503 g/mol. The summed E-state index contributed by atoms with van der Waals surface area (Å²) in [5.41, 5.74) is 1.93. The van der Waals surface area contributed by atoms with Crippen molar-refractivity contribution < 1.29 is 8.78 Å². The number of thioether (sulfide) groups is 2. The van der Waals surface area contributed by atoms with Gasteiger partial charge in [0.1, 0.15) is 11.6 Å². The number of pyridine rings is 1. The quantitative estimate of drug-likeness (QED) is 0.233. The zero-order chi connectivity index (χ0) is 22.5. The van der Waals surface area contributed by atoms with E-state index in [1.807, 2.05) is 48.5 Å². The lowest BCUT2D eigenvalue weighted by Gasteiger charge is -2.18. The van der Waals surface area contributed by atoms with Gasteiger partial charge in [0.15, 0.2) is 0 Å². The topological polar surface area (TPSA) is 12.9 Å². The molecule has 3 aromatic carbocycles. The van der Waals surface area contributed by atoms with Crippen LogP contribution in [0.3, 0.4) is 0 Å². The minimum absolute atomic E-state index is 0.251. The molecular formula is C25H17Cl2F2NS2. The van der Waals surface area contributed by atoms with E-state index in [1.165, 1.54) is 17.8 Å². The van der Waals surface area contributed by atoms with Gasteiger partial charge in [-0.3, -0.25) is 4.98 Å². The molecule has 162 valence electrons. The lowest BCUT2D eigenvalue weighted by Crippen LogP contribution is -2.04. The Kier molecular flexibility index (Phi) is 7.74. The second kappa shape index (κ2) is 10.7. The molecule has 0 bridgehead atoms. The summed E-state index contributed by atoms with van der Waals surface area (Å²) in [5, 5.41) is 0.808. The van der Waals surface area contributed by atoms with Gasteiger partial charge in [0.2, 0.25) is 0 Å². The Morgan fingerprint density at radius 2 is 1.44 bits per heavy atom. The smallest absolute Gasteiger partial charge is 0.128 e. The van der Waals surface area contributed by atoms with Crippen molar-refractivity contribution in [2.45, 2.75) is 20.8 Å². The highest BCUT2D eigenvalue weighted by atomic mass is 35.5. The number of rotatable bonds is 7. The minimum Gasteiger partial charge on any atom is -0.259 e. The first-order valence-corrected chi connectivity index (χ1v) is 12.3. The third-order valence-electron chi connectivity index (χ3n) is 4.64. The van der Waals surface area contributed by atoms with Gasteiger partial charge in [0.25, 0.3) is 0 Å². The third-order valence-corrected chi connectivity index (χ3v) is 7.51. The molecule has 7 heteroatoms. The fourth-order valence-corrected chi connectivity index (χ4v) is 5.24. The second-order valence-electron chi connectivity index (χ2n) is 6.95. The number of aromatic nitrogens is 1. The summed E-state index contributed by atoms with van der Waals surface area (Å²) in [4.78, 5) is 6.59. The fourth-order valence-electron chi connectivity index (χ4n) is 3.02. The molecule has 1 atom stereocenters. The van der Waals surface area contributed by atoms with Gasteiger partial charge in [-0.05, 0) is 78.4 Å². The van der Waals surface area contributed by atoms with Crippen molar-refractivity contribution in [3.63, 3.8) is 0 Å². The van der Waals surface area contributed by atoms with Gasteiger partial charge in [-0.15, -0.1) is 23.5 Å². The number of halogens is 4. The molecule has 1 nitrogen and oxygen atoms in total. The van der Waals surface area contributed by atoms with Crippen molar-refractivity contribution in [3.05, 3.63) is 124 Å². The molecule has 1 heterocycles. The molecule has 1 aromatic heterocycles. The van der Waals surface area contributed by atoms with Gasteiger partial charge in [0.05, 0.1) is 10.9 Å². The number of hydrogen-bond donors (Lipinski definition) is 0. The van der Waals surface area contributed by atoms with E-state index in [1.54, 1.807) is 30.1 Å². The minimum atomic E-state index is -0.509. The molecular weight excluding hydrogens is 487 g/mol. The maximum absolute atomic E-state index is 14.6. The number of nitrogens with zero attached hydrogens (tertiary/aromatic N) is 1. The first-order chi connectivity index (χ1) is 15.5. The van der Waals surface area contributed by atoms with E-state index < -0.39 is 16.9 Å². The van der Waals surface area contributed by atoms with Crippen molar-refractivity contribution in [2.75, 3.05) is 0 Å². The molecule has 1 unspecified atom stereocenters. The second-order valence-corrected chi connectivity index (χ2v) is 10.1. The number of hydrogen-bond acceptors (Lipinski definition) is 3. The van der Waals surface area contributed by atoms with E-state index in [9.17, 15) is 8.78 Å². The Morgan fingerprint density at radius 3 is 2.06 bits per heavy atom.